The fraction of sp³-hybridized carbons (Fsp3) is 0.444. The van der Waals surface area contributed by atoms with Crippen LogP contribution in [-0.4, -0.2) is 27.8 Å². The molecule has 1 aromatic heterocycles. The second-order valence-corrected chi connectivity index (χ2v) is 3.41. The molecule has 5 nitrogen and oxygen atoms in total. The van der Waals surface area contributed by atoms with Crippen molar-refractivity contribution in [3.05, 3.63) is 17.8 Å². The summed E-state index contributed by atoms with van der Waals surface area (Å²) in [7, 11) is 0. The number of aromatic carboxylic acids is 1. The molecule has 76 valence electrons. The third-order valence-electron chi connectivity index (χ3n) is 1.59. The summed E-state index contributed by atoms with van der Waals surface area (Å²) in [5.41, 5.74) is 0.145. The van der Waals surface area contributed by atoms with Crippen LogP contribution in [0.5, 0.6) is 0 Å². The first kappa shape index (κ1) is 10.4. The number of carbonyl (C=O) groups is 1. The maximum Gasteiger partial charge on any atom is 0.337 e. The zero-order valence-electron chi connectivity index (χ0n) is 8.19. The van der Waals surface area contributed by atoms with Crippen molar-refractivity contribution in [2.75, 3.05) is 11.9 Å². The van der Waals surface area contributed by atoms with E-state index >= 15 is 0 Å². The highest BCUT2D eigenvalue weighted by Gasteiger charge is 2.05. The summed E-state index contributed by atoms with van der Waals surface area (Å²) < 4.78 is 0. The molecule has 0 aliphatic heterocycles. The van der Waals surface area contributed by atoms with E-state index in [0.29, 0.717) is 11.7 Å². The molecular formula is C9H13N3O2. The van der Waals surface area contributed by atoms with Gasteiger partial charge < -0.3 is 10.4 Å². The molecule has 0 saturated carbocycles. The lowest BCUT2D eigenvalue weighted by molar-refractivity contribution is 0.0696. The van der Waals surface area contributed by atoms with Gasteiger partial charge in [-0.3, -0.25) is 0 Å². The Morgan fingerprint density at radius 2 is 2.36 bits per heavy atom. The van der Waals surface area contributed by atoms with Gasteiger partial charge in [0.05, 0.1) is 11.8 Å². The Balaban J connectivity index is 2.69. The summed E-state index contributed by atoms with van der Waals surface area (Å²) in [5.74, 6) is -0.0172. The van der Waals surface area contributed by atoms with Crippen molar-refractivity contribution >= 4 is 11.8 Å². The van der Waals surface area contributed by atoms with Gasteiger partial charge in [0, 0.05) is 6.54 Å². The van der Waals surface area contributed by atoms with E-state index in [0.717, 1.165) is 6.54 Å². The number of anilines is 1. The molecule has 0 aliphatic carbocycles. The van der Waals surface area contributed by atoms with E-state index < -0.39 is 5.97 Å². The van der Waals surface area contributed by atoms with E-state index in [2.05, 4.69) is 29.4 Å². The monoisotopic (exact) mass is 195 g/mol. The minimum atomic E-state index is -0.993. The van der Waals surface area contributed by atoms with Gasteiger partial charge in [-0.05, 0) is 12.0 Å². The number of nitrogens with one attached hydrogen (secondary N) is 1. The summed E-state index contributed by atoms with van der Waals surface area (Å²) in [6.45, 7) is 4.86. The summed E-state index contributed by atoms with van der Waals surface area (Å²) >= 11 is 0. The van der Waals surface area contributed by atoms with E-state index in [-0.39, 0.29) is 5.56 Å². The molecule has 0 unspecified atom stereocenters. The van der Waals surface area contributed by atoms with Gasteiger partial charge in [0.1, 0.15) is 5.82 Å². The Morgan fingerprint density at radius 1 is 1.64 bits per heavy atom. The minimum Gasteiger partial charge on any atom is -0.478 e. The van der Waals surface area contributed by atoms with Gasteiger partial charge >= 0.3 is 5.97 Å². The number of hydrogen-bond donors (Lipinski definition) is 2. The predicted molar refractivity (Wildman–Crippen MR) is 52.3 cm³/mol. The average molecular weight is 195 g/mol. The zero-order chi connectivity index (χ0) is 10.6. The molecule has 0 bridgehead atoms. The Labute approximate surface area is 82.2 Å². The Hall–Kier alpha value is -1.65. The van der Waals surface area contributed by atoms with E-state index in [9.17, 15) is 4.79 Å². The average Bonchev–Trinajstić information content (AvgIpc) is 2.15. The van der Waals surface area contributed by atoms with Gasteiger partial charge in [0.15, 0.2) is 0 Å². The van der Waals surface area contributed by atoms with Crippen LogP contribution >= 0.6 is 0 Å². The highest BCUT2D eigenvalue weighted by Crippen LogP contribution is 2.05. The first-order chi connectivity index (χ1) is 6.59. The van der Waals surface area contributed by atoms with Crippen LogP contribution in [0.15, 0.2) is 12.3 Å². The van der Waals surface area contributed by atoms with Gasteiger partial charge in [0.2, 0.25) is 0 Å². The minimum absolute atomic E-state index is 0.145. The van der Waals surface area contributed by atoms with Crippen molar-refractivity contribution in [3.63, 3.8) is 0 Å². The third kappa shape index (κ3) is 3.01. The number of hydrogen-bond acceptors (Lipinski definition) is 4. The number of carboxylic acid groups (broad SMARTS) is 1. The maximum absolute atomic E-state index is 10.6. The molecule has 1 heterocycles. The molecule has 0 radical (unpaired) electrons. The van der Waals surface area contributed by atoms with Gasteiger partial charge in [-0.25, -0.2) is 4.79 Å². The van der Waals surface area contributed by atoms with Crippen molar-refractivity contribution in [2.45, 2.75) is 13.8 Å². The number of rotatable bonds is 4. The van der Waals surface area contributed by atoms with Crippen LogP contribution in [0.3, 0.4) is 0 Å². The second kappa shape index (κ2) is 4.55. The van der Waals surface area contributed by atoms with Crippen LogP contribution < -0.4 is 5.32 Å². The Kier molecular flexibility index (Phi) is 3.39. The van der Waals surface area contributed by atoms with Crippen molar-refractivity contribution in [1.82, 2.24) is 10.2 Å². The summed E-state index contributed by atoms with van der Waals surface area (Å²) in [6.07, 6.45) is 1.23. The highest BCUT2D eigenvalue weighted by molar-refractivity contribution is 5.87. The standard InChI is InChI=1S/C9H13N3O2/c1-6(2)4-10-8-3-7(9(13)14)5-11-12-8/h3,5-6H,4H2,1-2H3,(H,10,12)(H,13,14). The molecule has 0 aromatic carbocycles. The molecule has 2 N–H and O–H groups in total. The zero-order valence-corrected chi connectivity index (χ0v) is 8.19. The largest absolute Gasteiger partial charge is 0.478 e. The summed E-state index contributed by atoms with van der Waals surface area (Å²) in [5, 5.41) is 19.1. The van der Waals surface area contributed by atoms with E-state index in [1.807, 2.05) is 0 Å². The van der Waals surface area contributed by atoms with E-state index in [1.54, 1.807) is 0 Å². The van der Waals surface area contributed by atoms with Crippen molar-refractivity contribution in [3.8, 4) is 0 Å². The molecule has 0 aliphatic rings. The lowest BCUT2D eigenvalue weighted by Crippen LogP contribution is -2.10. The fourth-order valence-corrected chi connectivity index (χ4v) is 0.879. The lowest BCUT2D eigenvalue weighted by Gasteiger charge is -2.07. The smallest absolute Gasteiger partial charge is 0.337 e. The van der Waals surface area contributed by atoms with Crippen LogP contribution in [0.4, 0.5) is 5.82 Å². The number of aromatic nitrogens is 2. The predicted octanol–water partition coefficient (Wildman–Crippen LogP) is 1.24. The topological polar surface area (TPSA) is 75.1 Å². The lowest BCUT2D eigenvalue weighted by atomic mass is 10.2. The molecule has 0 spiro atoms. The first-order valence-corrected chi connectivity index (χ1v) is 4.39. The van der Waals surface area contributed by atoms with Crippen LogP contribution in [0.2, 0.25) is 0 Å². The number of carboxylic acids is 1. The van der Waals surface area contributed by atoms with Gasteiger partial charge in [-0.1, -0.05) is 13.8 Å². The first-order valence-electron chi connectivity index (χ1n) is 4.39. The normalized spacial score (nSPS) is 10.2. The molecule has 5 heteroatoms. The SMILES string of the molecule is CC(C)CNc1cc(C(=O)O)cnn1. The second-order valence-electron chi connectivity index (χ2n) is 3.41. The third-order valence-corrected chi connectivity index (χ3v) is 1.59. The van der Waals surface area contributed by atoms with Crippen LogP contribution in [-0.2, 0) is 0 Å². The summed E-state index contributed by atoms with van der Waals surface area (Å²) in [4.78, 5) is 10.6. The summed E-state index contributed by atoms with van der Waals surface area (Å²) in [6, 6.07) is 1.47. The van der Waals surface area contributed by atoms with E-state index in [4.69, 9.17) is 5.11 Å². The molecule has 1 aromatic rings. The van der Waals surface area contributed by atoms with Gasteiger partial charge in [-0.2, -0.15) is 5.10 Å². The van der Waals surface area contributed by atoms with Gasteiger partial charge in [-0.15, -0.1) is 5.10 Å². The van der Waals surface area contributed by atoms with Crippen LogP contribution in [0.25, 0.3) is 0 Å². The maximum atomic E-state index is 10.6. The van der Waals surface area contributed by atoms with Crippen LogP contribution in [0, 0.1) is 5.92 Å². The van der Waals surface area contributed by atoms with Crippen molar-refractivity contribution < 1.29 is 9.90 Å². The molecule has 1 rings (SSSR count). The Bertz CT molecular complexity index is 326. The molecule has 0 atom stereocenters. The Morgan fingerprint density at radius 3 is 2.93 bits per heavy atom. The van der Waals surface area contributed by atoms with Crippen LogP contribution in [0.1, 0.15) is 24.2 Å². The molecule has 0 fully saturated rings. The van der Waals surface area contributed by atoms with Crippen molar-refractivity contribution in [1.29, 1.82) is 0 Å². The molecule has 0 amide bonds. The highest BCUT2D eigenvalue weighted by atomic mass is 16.4. The number of nitrogens with zero attached hydrogens (tertiary/aromatic N) is 2. The molecule has 0 saturated heterocycles. The van der Waals surface area contributed by atoms with Gasteiger partial charge in [0.25, 0.3) is 0 Å². The fourth-order valence-electron chi connectivity index (χ4n) is 0.879. The quantitative estimate of drug-likeness (QED) is 0.756. The molecule has 14 heavy (non-hydrogen) atoms. The van der Waals surface area contributed by atoms with E-state index in [1.165, 1.54) is 12.3 Å². The molecular weight excluding hydrogens is 182 g/mol. The van der Waals surface area contributed by atoms with Crippen molar-refractivity contribution in [2.24, 2.45) is 5.92 Å².